The van der Waals surface area contributed by atoms with E-state index >= 15 is 0 Å². The van der Waals surface area contributed by atoms with E-state index in [2.05, 4.69) is 37.9 Å². The van der Waals surface area contributed by atoms with Crippen molar-refractivity contribution >= 4 is 43.2 Å². The highest BCUT2D eigenvalue weighted by atomic mass is 79.9. The van der Waals surface area contributed by atoms with Crippen LogP contribution in [-0.2, 0) is 6.42 Å². The number of thiophene rings is 1. The zero-order valence-corrected chi connectivity index (χ0v) is 12.3. The molecule has 1 unspecified atom stereocenters. The van der Waals surface area contributed by atoms with Gasteiger partial charge >= 0.3 is 0 Å². The fourth-order valence-electron chi connectivity index (χ4n) is 1.40. The van der Waals surface area contributed by atoms with Crippen LogP contribution >= 0.6 is 43.2 Å². The number of aliphatic hydroxyl groups excluding tert-OH is 1. The molecule has 0 bridgehead atoms. The van der Waals surface area contributed by atoms with Gasteiger partial charge in [0.05, 0.1) is 4.47 Å². The summed E-state index contributed by atoms with van der Waals surface area (Å²) in [5.74, 6) is 0.593. The van der Waals surface area contributed by atoms with E-state index in [-0.39, 0.29) is 0 Å². The SMILES string of the molecule is OC(CCc1cccs1)c1cc(Br)c(Br)o1. The van der Waals surface area contributed by atoms with Gasteiger partial charge in [-0.2, -0.15) is 0 Å². The number of halogens is 2. The zero-order valence-electron chi connectivity index (χ0n) is 8.32. The van der Waals surface area contributed by atoms with Crippen LogP contribution < -0.4 is 0 Å². The molecule has 2 aromatic heterocycles. The lowest BCUT2D eigenvalue weighted by Crippen LogP contribution is -1.97. The van der Waals surface area contributed by atoms with Gasteiger partial charge in [-0.25, -0.2) is 0 Å². The van der Waals surface area contributed by atoms with Crippen LogP contribution in [0.2, 0.25) is 0 Å². The lowest BCUT2D eigenvalue weighted by molar-refractivity contribution is 0.139. The van der Waals surface area contributed by atoms with E-state index in [1.54, 1.807) is 17.4 Å². The monoisotopic (exact) mass is 364 g/mol. The average molecular weight is 366 g/mol. The molecule has 0 amide bonds. The summed E-state index contributed by atoms with van der Waals surface area (Å²) in [6, 6.07) is 5.89. The highest BCUT2D eigenvalue weighted by Gasteiger charge is 2.14. The van der Waals surface area contributed by atoms with Crippen molar-refractivity contribution in [1.82, 2.24) is 0 Å². The normalized spacial score (nSPS) is 12.9. The van der Waals surface area contributed by atoms with Crippen molar-refractivity contribution in [3.8, 4) is 0 Å². The molecule has 0 aromatic carbocycles. The van der Waals surface area contributed by atoms with Crippen molar-refractivity contribution in [3.05, 3.63) is 43.4 Å². The Labute approximate surface area is 115 Å². The number of furan rings is 1. The van der Waals surface area contributed by atoms with E-state index in [9.17, 15) is 5.11 Å². The third kappa shape index (κ3) is 2.97. The van der Waals surface area contributed by atoms with Crippen LogP contribution in [0.25, 0.3) is 0 Å². The Kier molecular flexibility index (Phi) is 4.24. The summed E-state index contributed by atoms with van der Waals surface area (Å²) < 4.78 is 6.82. The van der Waals surface area contributed by atoms with E-state index in [1.807, 2.05) is 11.4 Å². The van der Waals surface area contributed by atoms with Gasteiger partial charge in [0.1, 0.15) is 11.9 Å². The fraction of sp³-hybridized carbons (Fsp3) is 0.273. The maximum atomic E-state index is 9.93. The van der Waals surface area contributed by atoms with Crippen LogP contribution in [0.5, 0.6) is 0 Å². The molecular formula is C11H10Br2O2S. The lowest BCUT2D eigenvalue weighted by atomic mass is 10.1. The van der Waals surface area contributed by atoms with Crippen LogP contribution in [0.1, 0.15) is 23.2 Å². The number of hydrogen-bond donors (Lipinski definition) is 1. The minimum Gasteiger partial charge on any atom is -0.450 e. The largest absolute Gasteiger partial charge is 0.450 e. The molecule has 0 saturated carbocycles. The molecule has 0 spiro atoms. The van der Waals surface area contributed by atoms with E-state index < -0.39 is 6.10 Å². The second kappa shape index (κ2) is 5.49. The summed E-state index contributed by atoms with van der Waals surface area (Å²) in [6.45, 7) is 0. The van der Waals surface area contributed by atoms with E-state index in [0.717, 1.165) is 10.9 Å². The molecule has 86 valence electrons. The van der Waals surface area contributed by atoms with Crippen LogP contribution in [-0.4, -0.2) is 5.11 Å². The summed E-state index contributed by atoms with van der Waals surface area (Å²) >= 11 is 8.28. The van der Waals surface area contributed by atoms with Crippen molar-refractivity contribution in [2.24, 2.45) is 0 Å². The van der Waals surface area contributed by atoms with Gasteiger partial charge in [-0.15, -0.1) is 11.3 Å². The Morgan fingerprint density at radius 2 is 2.25 bits per heavy atom. The molecule has 2 heterocycles. The molecule has 0 fully saturated rings. The first-order valence-electron chi connectivity index (χ1n) is 4.82. The molecule has 5 heteroatoms. The number of hydrogen-bond acceptors (Lipinski definition) is 3. The molecule has 16 heavy (non-hydrogen) atoms. The van der Waals surface area contributed by atoms with Gasteiger partial charge in [-0.3, -0.25) is 0 Å². The summed E-state index contributed by atoms with van der Waals surface area (Å²) in [5.41, 5.74) is 0. The van der Waals surface area contributed by atoms with Gasteiger partial charge in [-0.1, -0.05) is 6.07 Å². The minimum absolute atomic E-state index is 0.551. The molecule has 0 aliphatic rings. The van der Waals surface area contributed by atoms with Crippen molar-refractivity contribution in [2.75, 3.05) is 0 Å². The van der Waals surface area contributed by atoms with Crippen molar-refractivity contribution in [3.63, 3.8) is 0 Å². The Bertz CT molecular complexity index is 431. The van der Waals surface area contributed by atoms with Gasteiger partial charge < -0.3 is 9.52 Å². The first-order chi connectivity index (χ1) is 7.66. The predicted octanol–water partition coefficient (Wildman–Crippen LogP) is 4.53. The summed E-state index contributed by atoms with van der Waals surface area (Å²) in [4.78, 5) is 1.28. The molecule has 2 nitrogen and oxygen atoms in total. The van der Waals surface area contributed by atoms with Crippen LogP contribution in [0.4, 0.5) is 0 Å². The summed E-state index contributed by atoms with van der Waals surface area (Å²) in [5, 5.41) is 12.0. The number of aliphatic hydroxyl groups is 1. The molecule has 0 saturated heterocycles. The number of aryl methyl sites for hydroxylation is 1. The third-order valence-electron chi connectivity index (χ3n) is 2.24. The molecule has 0 aliphatic carbocycles. The van der Waals surface area contributed by atoms with Crippen molar-refractivity contribution in [2.45, 2.75) is 18.9 Å². The topological polar surface area (TPSA) is 33.4 Å². The van der Waals surface area contributed by atoms with Crippen molar-refractivity contribution in [1.29, 1.82) is 0 Å². The summed E-state index contributed by atoms with van der Waals surface area (Å²) in [7, 11) is 0. The molecule has 2 rings (SSSR count). The maximum absolute atomic E-state index is 9.93. The molecule has 2 aromatic rings. The third-order valence-corrected chi connectivity index (χ3v) is 4.88. The van der Waals surface area contributed by atoms with Gasteiger partial charge in [0, 0.05) is 4.88 Å². The highest BCUT2D eigenvalue weighted by Crippen LogP contribution is 2.31. The van der Waals surface area contributed by atoms with E-state index in [4.69, 9.17) is 4.42 Å². The Balaban J connectivity index is 1.95. The molecule has 1 atom stereocenters. The fourth-order valence-corrected chi connectivity index (χ4v) is 2.74. The second-order valence-electron chi connectivity index (χ2n) is 3.40. The van der Waals surface area contributed by atoms with E-state index in [0.29, 0.717) is 16.9 Å². The van der Waals surface area contributed by atoms with Crippen LogP contribution in [0, 0.1) is 0 Å². The number of rotatable bonds is 4. The minimum atomic E-state index is -0.551. The quantitative estimate of drug-likeness (QED) is 0.863. The van der Waals surface area contributed by atoms with Gasteiger partial charge in [0.15, 0.2) is 4.67 Å². The molecule has 0 aliphatic heterocycles. The average Bonchev–Trinajstić information content (AvgIpc) is 2.86. The van der Waals surface area contributed by atoms with Crippen LogP contribution in [0.15, 0.2) is 37.1 Å². The lowest BCUT2D eigenvalue weighted by Gasteiger charge is -2.05. The van der Waals surface area contributed by atoms with Gasteiger partial charge in [-0.05, 0) is 62.2 Å². The maximum Gasteiger partial charge on any atom is 0.183 e. The predicted molar refractivity (Wildman–Crippen MR) is 71.7 cm³/mol. The summed E-state index contributed by atoms with van der Waals surface area (Å²) in [6.07, 6.45) is 0.992. The zero-order chi connectivity index (χ0) is 11.5. The Morgan fingerprint density at radius 3 is 2.81 bits per heavy atom. The Hall–Kier alpha value is -0.100. The van der Waals surface area contributed by atoms with Gasteiger partial charge in [0.2, 0.25) is 0 Å². The molecule has 1 N–H and O–H groups in total. The first kappa shape index (κ1) is 12.4. The highest BCUT2D eigenvalue weighted by molar-refractivity contribution is 9.13. The van der Waals surface area contributed by atoms with Crippen LogP contribution in [0.3, 0.4) is 0 Å². The molecular weight excluding hydrogens is 356 g/mol. The van der Waals surface area contributed by atoms with Crippen molar-refractivity contribution < 1.29 is 9.52 Å². The smallest absolute Gasteiger partial charge is 0.183 e. The Morgan fingerprint density at radius 1 is 1.44 bits per heavy atom. The van der Waals surface area contributed by atoms with Gasteiger partial charge in [0.25, 0.3) is 0 Å². The van der Waals surface area contributed by atoms with E-state index in [1.165, 1.54) is 4.88 Å². The second-order valence-corrected chi connectivity index (χ2v) is 6.01. The first-order valence-corrected chi connectivity index (χ1v) is 7.28. The molecule has 0 radical (unpaired) electrons. The standard InChI is InChI=1S/C11H10Br2O2S/c12-8-6-10(15-11(8)13)9(14)4-3-7-2-1-5-16-7/h1-2,5-6,9,14H,3-4H2.